The van der Waals surface area contributed by atoms with Crippen LogP contribution in [0.4, 0.5) is 0 Å². The molecule has 0 saturated carbocycles. The highest BCUT2D eigenvalue weighted by atomic mass is 16.5. The molecule has 3 nitrogen and oxygen atoms in total. The molecule has 1 rings (SSSR count). The molecule has 1 heterocycles. The highest BCUT2D eigenvalue weighted by Crippen LogP contribution is 2.14. The Kier molecular flexibility index (Phi) is 4.65. The summed E-state index contributed by atoms with van der Waals surface area (Å²) < 4.78 is 5.70. The van der Waals surface area contributed by atoms with E-state index in [9.17, 15) is 0 Å². The van der Waals surface area contributed by atoms with E-state index in [-0.39, 0.29) is 6.10 Å². The third-order valence-electron chi connectivity index (χ3n) is 2.25. The topological polar surface area (TPSA) is 45.0 Å². The Balaban J connectivity index is 2.52. The highest BCUT2D eigenvalue weighted by Gasteiger charge is 2.14. The van der Waals surface area contributed by atoms with Crippen molar-refractivity contribution in [2.75, 3.05) is 13.1 Å². The summed E-state index contributed by atoms with van der Waals surface area (Å²) in [6.07, 6.45) is 5.44. The lowest BCUT2D eigenvalue weighted by Crippen LogP contribution is -2.32. The van der Waals surface area contributed by atoms with E-state index >= 15 is 0 Å². The van der Waals surface area contributed by atoms with E-state index in [1.165, 1.54) is 0 Å². The molecule has 0 atom stereocenters. The van der Waals surface area contributed by atoms with E-state index in [0.717, 1.165) is 25.9 Å². The van der Waals surface area contributed by atoms with E-state index in [1.807, 2.05) is 6.07 Å². The maximum atomic E-state index is 8.59. The number of piperidine rings is 1. The molecule has 0 spiro atoms. The second-order valence-corrected chi connectivity index (χ2v) is 3.46. The van der Waals surface area contributed by atoms with Gasteiger partial charge in [-0.15, -0.1) is 0 Å². The van der Waals surface area contributed by atoms with Gasteiger partial charge in [-0.05, 0) is 38.1 Å². The van der Waals surface area contributed by atoms with Crippen molar-refractivity contribution >= 4 is 0 Å². The lowest BCUT2D eigenvalue weighted by atomic mass is 10.1. The first-order valence-corrected chi connectivity index (χ1v) is 5.06. The molecule has 0 bridgehead atoms. The van der Waals surface area contributed by atoms with Crippen molar-refractivity contribution in [2.24, 2.45) is 0 Å². The molecule has 15 heavy (non-hydrogen) atoms. The van der Waals surface area contributed by atoms with Gasteiger partial charge >= 0.3 is 0 Å². The van der Waals surface area contributed by atoms with Crippen molar-refractivity contribution in [3.05, 3.63) is 36.6 Å². The predicted molar refractivity (Wildman–Crippen MR) is 60.0 cm³/mol. The Morgan fingerprint density at radius 1 is 1.47 bits per heavy atom. The molecule has 0 aromatic heterocycles. The van der Waals surface area contributed by atoms with Gasteiger partial charge in [0.05, 0.1) is 6.07 Å². The normalized spacial score (nSPS) is 17.9. The van der Waals surface area contributed by atoms with Gasteiger partial charge in [-0.25, -0.2) is 0 Å². The quantitative estimate of drug-likeness (QED) is 0.432. The molecule has 0 aromatic carbocycles. The summed E-state index contributed by atoms with van der Waals surface area (Å²) in [5.74, 6) is 0.633. The molecule has 3 heteroatoms. The average molecular weight is 204 g/mol. The zero-order valence-electron chi connectivity index (χ0n) is 8.83. The summed E-state index contributed by atoms with van der Waals surface area (Å²) in [5.41, 5.74) is 0.388. The minimum absolute atomic E-state index is 0.224. The molecule has 0 aromatic rings. The lowest BCUT2D eigenvalue weighted by molar-refractivity contribution is 0.0960. The number of rotatable bonds is 4. The first-order chi connectivity index (χ1) is 7.26. The van der Waals surface area contributed by atoms with Crippen LogP contribution in [-0.2, 0) is 4.74 Å². The van der Waals surface area contributed by atoms with Gasteiger partial charge in [-0.1, -0.05) is 13.2 Å². The molecule has 0 radical (unpaired) electrons. The average Bonchev–Trinajstić information content (AvgIpc) is 2.29. The van der Waals surface area contributed by atoms with Crippen molar-refractivity contribution in [1.82, 2.24) is 5.32 Å². The predicted octanol–water partition coefficient (Wildman–Crippen LogP) is 1.90. The maximum absolute atomic E-state index is 8.59. The van der Waals surface area contributed by atoms with Crippen molar-refractivity contribution in [1.29, 1.82) is 5.26 Å². The van der Waals surface area contributed by atoms with Crippen LogP contribution in [0.25, 0.3) is 0 Å². The van der Waals surface area contributed by atoms with Crippen LogP contribution in [0.15, 0.2) is 36.6 Å². The van der Waals surface area contributed by atoms with Gasteiger partial charge in [0.2, 0.25) is 0 Å². The largest absolute Gasteiger partial charge is 0.490 e. The number of nitriles is 1. The Bertz CT molecular complexity index is 306. The summed E-state index contributed by atoms with van der Waals surface area (Å²) in [5, 5.41) is 11.9. The first-order valence-electron chi connectivity index (χ1n) is 5.06. The summed E-state index contributed by atoms with van der Waals surface area (Å²) in [7, 11) is 0. The Labute approximate surface area is 90.7 Å². The van der Waals surface area contributed by atoms with Crippen molar-refractivity contribution in [2.45, 2.75) is 18.9 Å². The van der Waals surface area contributed by atoms with Gasteiger partial charge in [0, 0.05) is 5.57 Å². The van der Waals surface area contributed by atoms with Gasteiger partial charge in [-0.3, -0.25) is 0 Å². The van der Waals surface area contributed by atoms with Crippen LogP contribution >= 0.6 is 0 Å². The molecule has 1 N–H and O–H groups in total. The fourth-order valence-corrected chi connectivity index (χ4v) is 1.45. The number of nitrogens with zero attached hydrogens (tertiary/aromatic N) is 1. The fraction of sp³-hybridized carbons (Fsp3) is 0.417. The second-order valence-electron chi connectivity index (χ2n) is 3.46. The molecule has 0 unspecified atom stereocenters. The minimum atomic E-state index is 0.224. The van der Waals surface area contributed by atoms with Crippen LogP contribution < -0.4 is 5.32 Å². The third kappa shape index (κ3) is 4.01. The van der Waals surface area contributed by atoms with Gasteiger partial charge in [0.25, 0.3) is 0 Å². The second kappa shape index (κ2) is 6.05. The molecule has 0 amide bonds. The molecule has 1 aliphatic rings. The molecule has 1 fully saturated rings. The number of allylic oxidation sites excluding steroid dienone is 3. The van der Waals surface area contributed by atoms with Crippen LogP contribution in [0.2, 0.25) is 0 Å². The Morgan fingerprint density at radius 3 is 2.67 bits per heavy atom. The molecular formula is C12H16N2O. The van der Waals surface area contributed by atoms with E-state index in [0.29, 0.717) is 11.3 Å². The van der Waals surface area contributed by atoms with Crippen molar-refractivity contribution in [3.63, 3.8) is 0 Å². The molecule has 1 aliphatic heterocycles. The number of hydrogen-bond acceptors (Lipinski definition) is 3. The SMILES string of the molecule is C=C/C(=C\C(=C)C#N)OC1CCNCC1. The highest BCUT2D eigenvalue weighted by molar-refractivity contribution is 5.33. The van der Waals surface area contributed by atoms with Gasteiger partial charge < -0.3 is 10.1 Å². The van der Waals surface area contributed by atoms with Gasteiger partial charge in [0.1, 0.15) is 11.9 Å². The summed E-state index contributed by atoms with van der Waals surface area (Å²) in [6.45, 7) is 9.19. The van der Waals surface area contributed by atoms with Crippen LogP contribution in [0, 0.1) is 11.3 Å². The van der Waals surface area contributed by atoms with E-state index < -0.39 is 0 Å². The summed E-state index contributed by atoms with van der Waals surface area (Å²) in [4.78, 5) is 0. The molecule has 0 aliphatic carbocycles. The standard InChI is InChI=1S/C12H16N2O/c1-3-11(8-10(2)9-13)15-12-4-6-14-7-5-12/h3,8,12,14H,1-2,4-7H2/b11-8+. The van der Waals surface area contributed by atoms with Crippen molar-refractivity contribution in [3.8, 4) is 6.07 Å². The van der Waals surface area contributed by atoms with E-state index in [2.05, 4.69) is 18.5 Å². The molecular weight excluding hydrogens is 188 g/mol. The van der Waals surface area contributed by atoms with Crippen molar-refractivity contribution < 1.29 is 4.74 Å². The maximum Gasteiger partial charge on any atom is 0.120 e. The minimum Gasteiger partial charge on any atom is -0.490 e. The molecule has 1 saturated heterocycles. The number of ether oxygens (including phenoxy) is 1. The Hall–Kier alpha value is -1.53. The lowest BCUT2D eigenvalue weighted by Gasteiger charge is -2.24. The summed E-state index contributed by atoms with van der Waals surface area (Å²) in [6, 6.07) is 1.96. The summed E-state index contributed by atoms with van der Waals surface area (Å²) >= 11 is 0. The van der Waals surface area contributed by atoms with E-state index in [4.69, 9.17) is 10.00 Å². The first kappa shape index (κ1) is 11.5. The van der Waals surface area contributed by atoms with Crippen LogP contribution in [0.5, 0.6) is 0 Å². The number of hydrogen-bond donors (Lipinski definition) is 1. The van der Waals surface area contributed by atoms with Gasteiger partial charge in [0.15, 0.2) is 0 Å². The van der Waals surface area contributed by atoms with Crippen LogP contribution in [0.1, 0.15) is 12.8 Å². The van der Waals surface area contributed by atoms with Crippen LogP contribution in [-0.4, -0.2) is 19.2 Å². The third-order valence-corrected chi connectivity index (χ3v) is 2.25. The smallest absolute Gasteiger partial charge is 0.120 e. The van der Waals surface area contributed by atoms with E-state index in [1.54, 1.807) is 12.2 Å². The fourth-order valence-electron chi connectivity index (χ4n) is 1.45. The van der Waals surface area contributed by atoms with Crippen LogP contribution in [0.3, 0.4) is 0 Å². The molecule has 80 valence electrons. The monoisotopic (exact) mass is 204 g/mol. The zero-order chi connectivity index (χ0) is 11.1. The number of nitrogens with one attached hydrogen (secondary N) is 1. The zero-order valence-corrected chi connectivity index (χ0v) is 8.83. The van der Waals surface area contributed by atoms with Gasteiger partial charge in [-0.2, -0.15) is 5.26 Å². The Morgan fingerprint density at radius 2 is 2.13 bits per heavy atom.